The van der Waals surface area contributed by atoms with Gasteiger partial charge in [-0.25, -0.2) is 0 Å². The first-order valence-corrected chi connectivity index (χ1v) is 6.72. The van der Waals surface area contributed by atoms with Gasteiger partial charge in [-0.15, -0.1) is 0 Å². The van der Waals surface area contributed by atoms with Crippen LogP contribution < -0.4 is 0 Å². The van der Waals surface area contributed by atoms with E-state index in [0.29, 0.717) is 0 Å². The zero-order valence-corrected chi connectivity index (χ0v) is 11.8. The molecule has 2 rings (SSSR count). The van der Waals surface area contributed by atoms with Gasteiger partial charge in [0.05, 0.1) is 0 Å². The lowest BCUT2D eigenvalue weighted by molar-refractivity contribution is 0.103. The smallest absolute Gasteiger partial charge is 0.188 e. The molecule has 0 radical (unpaired) electrons. The fourth-order valence-corrected chi connectivity index (χ4v) is 1.99. The second-order valence-electron chi connectivity index (χ2n) is 4.65. The Bertz CT molecular complexity index is 631. The van der Waals surface area contributed by atoms with Gasteiger partial charge in [0.15, 0.2) is 5.78 Å². The van der Waals surface area contributed by atoms with Crippen molar-refractivity contribution in [2.45, 2.75) is 13.8 Å². The first kappa shape index (κ1) is 14.0. The topological polar surface area (TPSA) is 17.1 Å². The van der Waals surface area contributed by atoms with E-state index in [1.165, 1.54) is 0 Å². The van der Waals surface area contributed by atoms with Gasteiger partial charge in [0.1, 0.15) is 0 Å². The number of benzene rings is 2. The Balaban J connectivity index is 2.23. The van der Waals surface area contributed by atoms with Crippen molar-refractivity contribution in [1.29, 1.82) is 0 Å². The third kappa shape index (κ3) is 3.33. The predicted octanol–water partition coefficient (Wildman–Crippen LogP) is 5.06. The highest BCUT2D eigenvalue weighted by Gasteiger charge is 2.07. The van der Waals surface area contributed by atoms with E-state index < -0.39 is 0 Å². The maximum absolute atomic E-state index is 12.2. The molecule has 1 heteroatoms. The molecule has 0 saturated carbocycles. The van der Waals surface area contributed by atoms with Crippen LogP contribution in [0.5, 0.6) is 0 Å². The monoisotopic (exact) mass is 262 g/mol. The molecule has 100 valence electrons. The summed E-state index contributed by atoms with van der Waals surface area (Å²) in [5.41, 5.74) is 3.75. The van der Waals surface area contributed by atoms with Crippen molar-refractivity contribution in [3.05, 3.63) is 84.0 Å². The van der Waals surface area contributed by atoms with Crippen molar-refractivity contribution in [1.82, 2.24) is 0 Å². The van der Waals surface area contributed by atoms with Crippen molar-refractivity contribution >= 4 is 5.78 Å². The molecule has 0 saturated heterocycles. The summed E-state index contributed by atoms with van der Waals surface area (Å²) in [5.74, 6) is 0.0720. The summed E-state index contributed by atoms with van der Waals surface area (Å²) in [6.45, 7) is 3.77. The number of hydrogen-bond donors (Lipinski definition) is 0. The van der Waals surface area contributed by atoms with Crippen LogP contribution in [0.2, 0.25) is 0 Å². The highest BCUT2D eigenvalue weighted by Crippen LogP contribution is 2.20. The van der Waals surface area contributed by atoms with Gasteiger partial charge in [0, 0.05) is 5.56 Å². The van der Waals surface area contributed by atoms with Crippen LogP contribution in [0.4, 0.5) is 0 Å². The van der Waals surface area contributed by atoms with Gasteiger partial charge >= 0.3 is 0 Å². The van der Waals surface area contributed by atoms with Crippen molar-refractivity contribution in [2.75, 3.05) is 0 Å². The average molecular weight is 262 g/mol. The number of rotatable bonds is 4. The zero-order valence-electron chi connectivity index (χ0n) is 11.8. The normalized spacial score (nSPS) is 11.8. The third-order valence-corrected chi connectivity index (χ3v) is 3.15. The van der Waals surface area contributed by atoms with Crippen LogP contribution in [-0.2, 0) is 0 Å². The van der Waals surface area contributed by atoms with Crippen LogP contribution in [0.3, 0.4) is 0 Å². The quantitative estimate of drug-likeness (QED) is 0.427. The van der Waals surface area contributed by atoms with E-state index in [0.717, 1.165) is 22.3 Å². The van der Waals surface area contributed by atoms with E-state index in [4.69, 9.17) is 0 Å². The number of Topliss-reactive ketones (excluding diaryl/α,β-unsaturated/α-hetero) is 1. The SMILES string of the molecule is C/C=C\C=C(/C)C(=O)c1ccc(-c2ccccc2)cc1. The Morgan fingerprint density at radius 3 is 2.10 bits per heavy atom. The Morgan fingerprint density at radius 1 is 0.900 bits per heavy atom. The number of carbonyl (C=O) groups is 1. The van der Waals surface area contributed by atoms with E-state index in [9.17, 15) is 4.79 Å². The van der Waals surface area contributed by atoms with E-state index in [1.807, 2.05) is 74.5 Å². The van der Waals surface area contributed by atoms with Crippen LogP contribution >= 0.6 is 0 Å². The Morgan fingerprint density at radius 2 is 1.50 bits per heavy atom. The number of carbonyl (C=O) groups excluding carboxylic acids is 1. The highest BCUT2D eigenvalue weighted by molar-refractivity contribution is 6.08. The summed E-state index contributed by atoms with van der Waals surface area (Å²) in [7, 11) is 0. The van der Waals surface area contributed by atoms with Crippen LogP contribution in [0.1, 0.15) is 24.2 Å². The lowest BCUT2D eigenvalue weighted by Crippen LogP contribution is -2.00. The Kier molecular flexibility index (Phi) is 4.67. The fraction of sp³-hybridized carbons (Fsp3) is 0.105. The molecule has 0 aliphatic carbocycles. The molecule has 0 atom stereocenters. The molecular weight excluding hydrogens is 244 g/mol. The van der Waals surface area contributed by atoms with Gasteiger partial charge in [-0.3, -0.25) is 4.79 Å². The lowest BCUT2D eigenvalue weighted by Gasteiger charge is -2.04. The molecule has 20 heavy (non-hydrogen) atoms. The molecule has 0 bridgehead atoms. The molecule has 1 nitrogen and oxygen atoms in total. The number of ketones is 1. The van der Waals surface area contributed by atoms with Gasteiger partial charge in [-0.2, -0.15) is 0 Å². The maximum Gasteiger partial charge on any atom is 0.188 e. The van der Waals surface area contributed by atoms with E-state index in [1.54, 1.807) is 0 Å². The van der Waals surface area contributed by atoms with Gasteiger partial charge in [-0.05, 0) is 30.5 Å². The molecule has 0 heterocycles. The molecule has 0 N–H and O–H groups in total. The second kappa shape index (κ2) is 6.67. The number of allylic oxidation sites excluding steroid dienone is 4. The molecule has 2 aromatic rings. The summed E-state index contributed by atoms with van der Waals surface area (Å²) in [6.07, 6.45) is 5.63. The van der Waals surface area contributed by atoms with Gasteiger partial charge < -0.3 is 0 Å². The minimum absolute atomic E-state index is 0.0720. The number of hydrogen-bond acceptors (Lipinski definition) is 1. The van der Waals surface area contributed by atoms with E-state index in [-0.39, 0.29) is 5.78 Å². The van der Waals surface area contributed by atoms with Crippen molar-refractivity contribution in [2.24, 2.45) is 0 Å². The van der Waals surface area contributed by atoms with Gasteiger partial charge in [0.25, 0.3) is 0 Å². The second-order valence-corrected chi connectivity index (χ2v) is 4.65. The molecular formula is C19H18O. The standard InChI is InChI=1S/C19H18O/c1-3-4-8-15(2)19(20)18-13-11-17(12-14-18)16-9-6-5-7-10-16/h3-14H,1-2H3/b4-3-,15-8+. The molecule has 0 aliphatic heterocycles. The van der Waals surface area contributed by atoms with Crippen LogP contribution in [0.25, 0.3) is 11.1 Å². The average Bonchev–Trinajstić information content (AvgIpc) is 2.53. The zero-order chi connectivity index (χ0) is 14.4. The minimum Gasteiger partial charge on any atom is -0.289 e. The molecule has 0 amide bonds. The predicted molar refractivity (Wildman–Crippen MR) is 84.8 cm³/mol. The summed E-state index contributed by atoms with van der Waals surface area (Å²) < 4.78 is 0. The Labute approximate surface area is 120 Å². The molecule has 0 spiro atoms. The van der Waals surface area contributed by atoms with E-state index in [2.05, 4.69) is 12.1 Å². The Hall–Kier alpha value is -2.41. The summed E-state index contributed by atoms with van der Waals surface area (Å²) in [5, 5.41) is 0. The summed E-state index contributed by atoms with van der Waals surface area (Å²) in [4.78, 5) is 12.2. The third-order valence-electron chi connectivity index (χ3n) is 3.15. The fourth-order valence-electron chi connectivity index (χ4n) is 1.99. The molecule has 0 unspecified atom stereocenters. The first-order chi connectivity index (χ1) is 9.72. The molecule has 0 aliphatic rings. The summed E-state index contributed by atoms with van der Waals surface area (Å²) in [6, 6.07) is 17.9. The summed E-state index contributed by atoms with van der Waals surface area (Å²) >= 11 is 0. The first-order valence-electron chi connectivity index (χ1n) is 6.72. The maximum atomic E-state index is 12.2. The van der Waals surface area contributed by atoms with Crippen LogP contribution in [-0.4, -0.2) is 5.78 Å². The van der Waals surface area contributed by atoms with Gasteiger partial charge in [-0.1, -0.05) is 72.8 Å². The largest absolute Gasteiger partial charge is 0.289 e. The minimum atomic E-state index is 0.0720. The van der Waals surface area contributed by atoms with E-state index >= 15 is 0 Å². The highest BCUT2D eigenvalue weighted by atomic mass is 16.1. The van der Waals surface area contributed by atoms with Crippen molar-refractivity contribution in [3.8, 4) is 11.1 Å². The van der Waals surface area contributed by atoms with Crippen LogP contribution in [0.15, 0.2) is 78.4 Å². The molecule has 2 aromatic carbocycles. The lowest BCUT2D eigenvalue weighted by atomic mass is 10.00. The van der Waals surface area contributed by atoms with Crippen molar-refractivity contribution in [3.63, 3.8) is 0 Å². The molecule has 0 aromatic heterocycles. The van der Waals surface area contributed by atoms with Crippen LogP contribution in [0, 0.1) is 0 Å². The van der Waals surface area contributed by atoms with Crippen molar-refractivity contribution < 1.29 is 4.79 Å². The molecule has 0 fully saturated rings. The van der Waals surface area contributed by atoms with Gasteiger partial charge in [0.2, 0.25) is 0 Å².